The summed E-state index contributed by atoms with van der Waals surface area (Å²) in [5, 5.41) is 0.0874. The number of allylic oxidation sites excluding steroid dienone is 1. The van der Waals surface area contributed by atoms with Crippen molar-refractivity contribution in [3.8, 4) is 11.5 Å². The number of carbonyl (C=O) groups excluding carboxylic acids is 1. The molecule has 0 bridgehead atoms. The van der Waals surface area contributed by atoms with Crippen LogP contribution in [0, 0.1) is 5.82 Å². The van der Waals surface area contributed by atoms with Gasteiger partial charge in [0.2, 0.25) is 0 Å². The Kier molecular flexibility index (Phi) is 5.77. The van der Waals surface area contributed by atoms with Crippen molar-refractivity contribution in [3.05, 3.63) is 64.4 Å². The van der Waals surface area contributed by atoms with Crippen molar-refractivity contribution < 1.29 is 18.7 Å². The summed E-state index contributed by atoms with van der Waals surface area (Å²) in [6.45, 7) is 2.38. The molecule has 0 atom stereocenters. The van der Waals surface area contributed by atoms with Crippen LogP contribution < -0.4 is 9.47 Å². The van der Waals surface area contributed by atoms with Crippen LogP contribution in [-0.2, 0) is 0 Å². The molecule has 0 saturated heterocycles. The number of ether oxygens (including phenoxy) is 2. The molecule has 0 fully saturated rings. The second kappa shape index (κ2) is 7.79. The lowest BCUT2D eigenvalue weighted by atomic mass is 10.1. The Labute approximate surface area is 139 Å². The third-order valence-electron chi connectivity index (χ3n) is 3.11. The maximum absolute atomic E-state index is 13.0. The molecule has 0 aliphatic rings. The largest absolute Gasteiger partial charge is 0.493 e. The number of ketones is 1. The number of hydrogen-bond acceptors (Lipinski definition) is 3. The minimum Gasteiger partial charge on any atom is -0.493 e. The van der Waals surface area contributed by atoms with E-state index in [9.17, 15) is 9.18 Å². The first-order valence-electron chi connectivity index (χ1n) is 7.03. The molecule has 0 amide bonds. The van der Waals surface area contributed by atoms with Crippen molar-refractivity contribution in [2.75, 3.05) is 13.7 Å². The van der Waals surface area contributed by atoms with E-state index in [0.717, 1.165) is 11.6 Å². The zero-order valence-corrected chi connectivity index (χ0v) is 13.6. The first-order chi connectivity index (χ1) is 11.0. The van der Waals surface area contributed by atoms with Crippen LogP contribution in [0.25, 0.3) is 6.08 Å². The number of hydrogen-bond donors (Lipinski definition) is 0. The molecule has 5 heteroatoms. The van der Waals surface area contributed by atoms with Gasteiger partial charge in [-0.15, -0.1) is 0 Å². The molecular formula is C18H16ClFO3. The second-order valence-electron chi connectivity index (χ2n) is 4.67. The highest BCUT2D eigenvalue weighted by molar-refractivity contribution is 6.34. The smallest absolute Gasteiger partial charge is 0.187 e. The Morgan fingerprint density at radius 3 is 2.65 bits per heavy atom. The molecule has 2 aromatic carbocycles. The molecule has 0 unspecified atom stereocenters. The van der Waals surface area contributed by atoms with Gasteiger partial charge in [-0.1, -0.05) is 23.7 Å². The summed E-state index contributed by atoms with van der Waals surface area (Å²) in [6, 6.07) is 9.02. The molecular weight excluding hydrogens is 319 g/mol. The van der Waals surface area contributed by atoms with Gasteiger partial charge in [0, 0.05) is 5.56 Å². The van der Waals surface area contributed by atoms with Crippen LogP contribution in [0.1, 0.15) is 22.8 Å². The normalized spacial score (nSPS) is 10.8. The van der Waals surface area contributed by atoms with Gasteiger partial charge in [-0.2, -0.15) is 0 Å². The van der Waals surface area contributed by atoms with Crippen molar-refractivity contribution in [2.24, 2.45) is 0 Å². The standard InChI is InChI=1S/C18H16ClFO3/c1-3-23-18-10-12(5-9-17(18)22-2)4-8-16(21)14-7-6-13(20)11-15(14)19/h4-11H,3H2,1-2H3/b8-4+. The summed E-state index contributed by atoms with van der Waals surface area (Å²) in [5.41, 5.74) is 1.03. The first kappa shape index (κ1) is 17.0. The molecule has 120 valence electrons. The van der Waals surface area contributed by atoms with E-state index in [2.05, 4.69) is 0 Å². The van der Waals surface area contributed by atoms with Gasteiger partial charge in [0.25, 0.3) is 0 Å². The van der Waals surface area contributed by atoms with E-state index in [1.54, 1.807) is 31.4 Å². The molecule has 0 heterocycles. The van der Waals surface area contributed by atoms with Crippen molar-refractivity contribution in [1.82, 2.24) is 0 Å². The summed E-state index contributed by atoms with van der Waals surface area (Å²) in [5.74, 6) is 0.442. The number of methoxy groups -OCH3 is 1. The third-order valence-corrected chi connectivity index (χ3v) is 3.42. The number of benzene rings is 2. The molecule has 23 heavy (non-hydrogen) atoms. The molecule has 3 nitrogen and oxygen atoms in total. The Morgan fingerprint density at radius 2 is 2.00 bits per heavy atom. The van der Waals surface area contributed by atoms with Gasteiger partial charge in [0.1, 0.15) is 5.82 Å². The van der Waals surface area contributed by atoms with Crippen LogP contribution in [0.3, 0.4) is 0 Å². The molecule has 0 saturated carbocycles. The fourth-order valence-corrected chi connectivity index (χ4v) is 2.28. The van der Waals surface area contributed by atoms with Crippen LogP contribution in [0.5, 0.6) is 11.5 Å². The summed E-state index contributed by atoms with van der Waals surface area (Å²) in [6.07, 6.45) is 3.03. The van der Waals surface area contributed by atoms with Gasteiger partial charge < -0.3 is 9.47 Å². The topological polar surface area (TPSA) is 35.5 Å². The predicted octanol–water partition coefficient (Wildman–Crippen LogP) is 4.78. The minimum absolute atomic E-state index is 0.0874. The monoisotopic (exact) mass is 334 g/mol. The van der Waals surface area contributed by atoms with E-state index < -0.39 is 5.82 Å². The lowest BCUT2D eigenvalue weighted by molar-refractivity contribution is 0.104. The molecule has 2 aromatic rings. The van der Waals surface area contributed by atoms with Crippen molar-refractivity contribution in [1.29, 1.82) is 0 Å². The van der Waals surface area contributed by atoms with E-state index >= 15 is 0 Å². The average Bonchev–Trinajstić information content (AvgIpc) is 2.53. The predicted molar refractivity (Wildman–Crippen MR) is 88.9 cm³/mol. The Morgan fingerprint density at radius 1 is 1.22 bits per heavy atom. The molecule has 2 rings (SSSR count). The molecule has 0 spiro atoms. The van der Waals surface area contributed by atoms with Crippen LogP contribution >= 0.6 is 11.6 Å². The maximum Gasteiger partial charge on any atom is 0.187 e. The lowest BCUT2D eigenvalue weighted by Crippen LogP contribution is -1.97. The van der Waals surface area contributed by atoms with Gasteiger partial charge in [-0.25, -0.2) is 4.39 Å². The van der Waals surface area contributed by atoms with E-state index in [1.165, 1.54) is 18.2 Å². The van der Waals surface area contributed by atoms with Gasteiger partial charge in [-0.3, -0.25) is 4.79 Å². The maximum atomic E-state index is 13.0. The fourth-order valence-electron chi connectivity index (χ4n) is 2.02. The van der Waals surface area contributed by atoms with Gasteiger partial charge in [0.05, 0.1) is 18.7 Å². The van der Waals surface area contributed by atoms with E-state index in [0.29, 0.717) is 18.1 Å². The van der Waals surface area contributed by atoms with Crippen molar-refractivity contribution in [2.45, 2.75) is 6.92 Å². The van der Waals surface area contributed by atoms with Crippen LogP contribution in [0.4, 0.5) is 4.39 Å². The molecule has 0 aliphatic carbocycles. The van der Waals surface area contributed by atoms with Crippen molar-refractivity contribution in [3.63, 3.8) is 0 Å². The molecule has 0 N–H and O–H groups in total. The number of rotatable bonds is 6. The van der Waals surface area contributed by atoms with Gasteiger partial charge >= 0.3 is 0 Å². The Bertz CT molecular complexity index is 741. The van der Waals surface area contributed by atoms with E-state index in [4.69, 9.17) is 21.1 Å². The molecule has 0 radical (unpaired) electrons. The summed E-state index contributed by atoms with van der Waals surface area (Å²) < 4.78 is 23.7. The number of halogens is 2. The fraction of sp³-hybridized carbons (Fsp3) is 0.167. The second-order valence-corrected chi connectivity index (χ2v) is 5.07. The quantitative estimate of drug-likeness (QED) is 0.563. The van der Waals surface area contributed by atoms with Gasteiger partial charge in [0.15, 0.2) is 17.3 Å². The minimum atomic E-state index is -0.480. The van der Waals surface area contributed by atoms with Crippen molar-refractivity contribution >= 4 is 23.5 Å². The summed E-state index contributed by atoms with van der Waals surface area (Å²) in [4.78, 5) is 12.1. The zero-order valence-electron chi connectivity index (χ0n) is 12.8. The zero-order chi connectivity index (χ0) is 16.8. The van der Waals surface area contributed by atoms with Crippen LogP contribution in [-0.4, -0.2) is 19.5 Å². The highest BCUT2D eigenvalue weighted by Gasteiger charge is 2.09. The van der Waals surface area contributed by atoms with Crippen LogP contribution in [0.15, 0.2) is 42.5 Å². The number of carbonyl (C=O) groups is 1. The lowest BCUT2D eigenvalue weighted by Gasteiger charge is -2.09. The van der Waals surface area contributed by atoms with Gasteiger partial charge in [-0.05, 0) is 48.9 Å². The highest BCUT2D eigenvalue weighted by atomic mass is 35.5. The average molecular weight is 335 g/mol. The third kappa shape index (κ3) is 4.33. The highest BCUT2D eigenvalue weighted by Crippen LogP contribution is 2.28. The molecule has 0 aliphatic heterocycles. The van der Waals surface area contributed by atoms with E-state index in [1.807, 2.05) is 6.92 Å². The van der Waals surface area contributed by atoms with Crippen LogP contribution in [0.2, 0.25) is 5.02 Å². The SMILES string of the molecule is CCOc1cc(/C=C/C(=O)c2ccc(F)cc2Cl)ccc1OC. The Hall–Kier alpha value is -2.33. The van der Waals surface area contributed by atoms with E-state index in [-0.39, 0.29) is 16.4 Å². The first-order valence-corrected chi connectivity index (χ1v) is 7.41. The summed E-state index contributed by atoms with van der Waals surface area (Å²) in [7, 11) is 1.56. The Balaban J connectivity index is 2.22. The molecule has 0 aromatic heterocycles. The summed E-state index contributed by atoms with van der Waals surface area (Å²) >= 11 is 5.88.